The summed E-state index contributed by atoms with van der Waals surface area (Å²) in [5.41, 5.74) is 5.45. The maximum Gasteiger partial charge on any atom is 0.321 e. The largest absolute Gasteiger partial charge is 0.481 e. The maximum absolute atomic E-state index is 11.6. The van der Waals surface area contributed by atoms with Gasteiger partial charge in [-0.25, -0.2) is 4.79 Å². The normalized spacial score (nSPS) is 11.3. The van der Waals surface area contributed by atoms with Crippen LogP contribution >= 0.6 is 0 Å². The first-order valence-electron chi connectivity index (χ1n) is 6.09. The number of primary amides is 1. The van der Waals surface area contributed by atoms with Crippen LogP contribution in [0, 0.1) is 0 Å². The van der Waals surface area contributed by atoms with E-state index in [0.717, 1.165) is 0 Å². The Kier molecular flexibility index (Phi) is 5.52. The Morgan fingerprint density at radius 2 is 1.85 bits per heavy atom. The molecule has 0 saturated heterocycles. The summed E-state index contributed by atoms with van der Waals surface area (Å²) in [5, 5.41) is 4.58. The molecule has 0 aliphatic rings. The van der Waals surface area contributed by atoms with Crippen LogP contribution in [0.15, 0.2) is 24.3 Å². The molecule has 7 heteroatoms. The van der Waals surface area contributed by atoms with Crippen molar-refractivity contribution < 1.29 is 19.1 Å². The van der Waals surface area contributed by atoms with Crippen LogP contribution in [0.3, 0.4) is 0 Å². The van der Waals surface area contributed by atoms with Gasteiger partial charge in [0.15, 0.2) is 6.10 Å². The molecule has 0 saturated carbocycles. The van der Waals surface area contributed by atoms with E-state index in [1.165, 1.54) is 31.2 Å². The zero-order chi connectivity index (χ0) is 15.1. The van der Waals surface area contributed by atoms with Crippen LogP contribution in [0.4, 0.5) is 4.79 Å². The highest BCUT2D eigenvalue weighted by molar-refractivity contribution is 5.96. The molecule has 0 heterocycles. The number of nitrogens with one attached hydrogen (secondary N) is 2. The van der Waals surface area contributed by atoms with Gasteiger partial charge in [-0.2, -0.15) is 0 Å². The molecule has 108 valence electrons. The standard InChI is InChI=1S/C13H17N3O4/c1-3-15-13(19)16-12(18)8(2)20-10-6-4-9(5-7-10)11(14)17/h4-8H,3H2,1-2H3,(H2,14,17)(H2,15,16,18,19). The van der Waals surface area contributed by atoms with Gasteiger partial charge in [-0.05, 0) is 38.1 Å². The number of rotatable bonds is 5. The first-order valence-corrected chi connectivity index (χ1v) is 6.09. The number of amides is 4. The van der Waals surface area contributed by atoms with Crippen molar-refractivity contribution in [3.63, 3.8) is 0 Å². The third-order valence-corrected chi connectivity index (χ3v) is 2.39. The van der Waals surface area contributed by atoms with E-state index in [1.54, 1.807) is 6.92 Å². The predicted molar refractivity (Wildman–Crippen MR) is 72.3 cm³/mol. The third-order valence-electron chi connectivity index (χ3n) is 2.39. The summed E-state index contributed by atoms with van der Waals surface area (Å²) in [7, 11) is 0. The van der Waals surface area contributed by atoms with Crippen molar-refractivity contribution in [1.29, 1.82) is 0 Å². The van der Waals surface area contributed by atoms with Crippen LogP contribution < -0.4 is 21.1 Å². The van der Waals surface area contributed by atoms with Gasteiger partial charge in [0.25, 0.3) is 5.91 Å². The van der Waals surface area contributed by atoms with Gasteiger partial charge in [-0.15, -0.1) is 0 Å². The average molecular weight is 279 g/mol. The van der Waals surface area contributed by atoms with Crippen molar-refractivity contribution in [3.8, 4) is 5.75 Å². The molecule has 0 spiro atoms. The molecule has 4 amide bonds. The van der Waals surface area contributed by atoms with E-state index in [-0.39, 0.29) is 0 Å². The Morgan fingerprint density at radius 3 is 2.35 bits per heavy atom. The fraction of sp³-hybridized carbons (Fsp3) is 0.308. The molecule has 0 fully saturated rings. The van der Waals surface area contributed by atoms with Gasteiger partial charge in [0.2, 0.25) is 5.91 Å². The maximum atomic E-state index is 11.6. The van der Waals surface area contributed by atoms with Gasteiger partial charge < -0.3 is 15.8 Å². The molecule has 0 aromatic heterocycles. The molecule has 0 radical (unpaired) electrons. The zero-order valence-corrected chi connectivity index (χ0v) is 11.3. The van der Waals surface area contributed by atoms with Crippen molar-refractivity contribution in [3.05, 3.63) is 29.8 Å². The van der Waals surface area contributed by atoms with Crippen molar-refractivity contribution in [2.75, 3.05) is 6.54 Å². The van der Waals surface area contributed by atoms with Crippen molar-refractivity contribution in [2.45, 2.75) is 20.0 Å². The lowest BCUT2D eigenvalue weighted by atomic mass is 10.2. The number of benzene rings is 1. The zero-order valence-electron chi connectivity index (χ0n) is 11.3. The Morgan fingerprint density at radius 1 is 1.25 bits per heavy atom. The number of nitrogens with two attached hydrogens (primary N) is 1. The van der Waals surface area contributed by atoms with Crippen molar-refractivity contribution >= 4 is 17.8 Å². The highest BCUT2D eigenvalue weighted by Gasteiger charge is 2.17. The molecule has 1 aromatic carbocycles. The smallest absolute Gasteiger partial charge is 0.321 e. The summed E-state index contributed by atoms with van der Waals surface area (Å²) in [6.45, 7) is 3.67. The molecule has 1 unspecified atom stereocenters. The van der Waals surface area contributed by atoms with E-state index < -0.39 is 23.9 Å². The van der Waals surface area contributed by atoms with E-state index >= 15 is 0 Å². The summed E-state index contributed by atoms with van der Waals surface area (Å²) < 4.78 is 5.35. The molecule has 4 N–H and O–H groups in total. The van der Waals surface area contributed by atoms with Crippen LogP contribution in [0.25, 0.3) is 0 Å². The van der Waals surface area contributed by atoms with Crippen LogP contribution in [-0.4, -0.2) is 30.5 Å². The Labute approximate surface area is 116 Å². The second-order valence-electron chi connectivity index (χ2n) is 4.00. The SMILES string of the molecule is CCNC(=O)NC(=O)C(C)Oc1ccc(C(N)=O)cc1. The summed E-state index contributed by atoms with van der Waals surface area (Å²) >= 11 is 0. The second kappa shape index (κ2) is 7.13. The Balaban J connectivity index is 2.56. The minimum atomic E-state index is -0.850. The lowest BCUT2D eigenvalue weighted by Crippen LogP contribution is -2.45. The number of hydrogen-bond acceptors (Lipinski definition) is 4. The topological polar surface area (TPSA) is 111 Å². The molecular formula is C13H17N3O4. The lowest BCUT2D eigenvalue weighted by molar-refractivity contribution is -0.126. The minimum absolute atomic E-state index is 0.344. The summed E-state index contributed by atoms with van der Waals surface area (Å²) in [6.07, 6.45) is -0.850. The summed E-state index contributed by atoms with van der Waals surface area (Å²) in [6, 6.07) is 5.46. The molecule has 1 atom stereocenters. The molecule has 0 aliphatic carbocycles. The van der Waals surface area contributed by atoms with Crippen molar-refractivity contribution in [1.82, 2.24) is 10.6 Å². The quantitative estimate of drug-likeness (QED) is 0.724. The molecule has 7 nitrogen and oxygen atoms in total. The molecule has 1 aromatic rings. The average Bonchev–Trinajstić information content (AvgIpc) is 2.39. The van der Waals surface area contributed by atoms with Gasteiger partial charge in [0.1, 0.15) is 5.75 Å². The van der Waals surface area contributed by atoms with Gasteiger partial charge in [-0.1, -0.05) is 0 Å². The van der Waals surface area contributed by atoms with Crippen LogP contribution in [-0.2, 0) is 4.79 Å². The van der Waals surface area contributed by atoms with E-state index in [2.05, 4.69) is 10.6 Å². The number of carbonyl (C=O) groups is 3. The number of imide groups is 1. The Bertz CT molecular complexity index is 499. The Hall–Kier alpha value is -2.57. The summed E-state index contributed by atoms with van der Waals surface area (Å²) in [4.78, 5) is 33.7. The minimum Gasteiger partial charge on any atom is -0.481 e. The number of ether oxygens (including phenoxy) is 1. The predicted octanol–water partition coefficient (Wildman–Crippen LogP) is 0.399. The number of hydrogen-bond donors (Lipinski definition) is 3. The van der Waals surface area contributed by atoms with Crippen LogP contribution in [0.5, 0.6) is 5.75 Å². The van der Waals surface area contributed by atoms with E-state index in [4.69, 9.17) is 10.5 Å². The molecule has 20 heavy (non-hydrogen) atoms. The molecule has 0 bridgehead atoms. The van der Waals surface area contributed by atoms with Crippen molar-refractivity contribution in [2.24, 2.45) is 5.73 Å². The van der Waals surface area contributed by atoms with E-state index in [9.17, 15) is 14.4 Å². The fourth-order valence-corrected chi connectivity index (χ4v) is 1.37. The van der Waals surface area contributed by atoms with E-state index in [0.29, 0.717) is 17.9 Å². The lowest BCUT2D eigenvalue weighted by Gasteiger charge is -2.14. The van der Waals surface area contributed by atoms with Gasteiger partial charge >= 0.3 is 6.03 Å². The van der Waals surface area contributed by atoms with E-state index in [1.807, 2.05) is 0 Å². The van der Waals surface area contributed by atoms with Gasteiger partial charge in [0, 0.05) is 12.1 Å². The first-order chi connectivity index (χ1) is 9.43. The monoisotopic (exact) mass is 279 g/mol. The van der Waals surface area contributed by atoms with Gasteiger partial charge in [0.05, 0.1) is 0 Å². The third kappa shape index (κ3) is 4.60. The molecule has 1 rings (SSSR count). The highest BCUT2D eigenvalue weighted by atomic mass is 16.5. The van der Waals surface area contributed by atoms with Crippen LogP contribution in [0.2, 0.25) is 0 Å². The second-order valence-corrected chi connectivity index (χ2v) is 4.00. The highest BCUT2D eigenvalue weighted by Crippen LogP contribution is 2.13. The fourth-order valence-electron chi connectivity index (χ4n) is 1.37. The first kappa shape index (κ1) is 15.5. The molecule has 0 aliphatic heterocycles. The number of urea groups is 1. The number of carbonyl (C=O) groups excluding carboxylic acids is 3. The van der Waals surface area contributed by atoms with Crippen LogP contribution in [0.1, 0.15) is 24.2 Å². The summed E-state index contributed by atoms with van der Waals surface area (Å²) in [5.74, 6) is -0.706. The van der Waals surface area contributed by atoms with Gasteiger partial charge in [-0.3, -0.25) is 14.9 Å². The molecular weight excluding hydrogens is 262 g/mol.